The lowest BCUT2D eigenvalue weighted by molar-refractivity contribution is 0.0951. The van der Waals surface area contributed by atoms with Gasteiger partial charge in [-0.05, 0) is 49.6 Å². The van der Waals surface area contributed by atoms with Crippen LogP contribution in [0, 0.1) is 6.92 Å². The number of methoxy groups -OCH3 is 1. The summed E-state index contributed by atoms with van der Waals surface area (Å²) in [5, 5.41) is 3.47. The average Bonchev–Trinajstić information content (AvgIpc) is 3.46. The number of aromatic nitrogens is 2. The number of benzene rings is 2. The number of carbonyl (C=O) groups is 1. The van der Waals surface area contributed by atoms with E-state index in [9.17, 15) is 9.59 Å². The summed E-state index contributed by atoms with van der Waals surface area (Å²) in [6.45, 7) is 1.91. The highest BCUT2D eigenvalue weighted by Gasteiger charge is 2.24. The van der Waals surface area contributed by atoms with Gasteiger partial charge in [-0.1, -0.05) is 6.07 Å². The lowest BCUT2D eigenvalue weighted by Gasteiger charge is -2.12. The molecule has 6 heteroatoms. The second-order valence-corrected chi connectivity index (χ2v) is 6.55. The maximum Gasteiger partial charge on any atom is 0.265 e. The molecule has 0 bridgehead atoms. The van der Waals surface area contributed by atoms with Crippen molar-refractivity contribution in [2.24, 2.45) is 0 Å². The van der Waals surface area contributed by atoms with Crippen LogP contribution in [-0.2, 0) is 0 Å². The van der Waals surface area contributed by atoms with Gasteiger partial charge in [-0.2, -0.15) is 0 Å². The first kappa shape index (κ1) is 16.3. The van der Waals surface area contributed by atoms with Crippen LogP contribution in [0.5, 0.6) is 5.75 Å². The van der Waals surface area contributed by atoms with Gasteiger partial charge in [-0.15, -0.1) is 0 Å². The Morgan fingerprint density at radius 2 is 2.04 bits per heavy atom. The minimum absolute atomic E-state index is 0.111. The Hall–Kier alpha value is -3.15. The zero-order valence-electron chi connectivity index (χ0n) is 14.7. The van der Waals surface area contributed by atoms with Gasteiger partial charge >= 0.3 is 0 Å². The molecule has 1 aliphatic rings. The number of rotatable bonds is 4. The molecule has 0 atom stereocenters. The number of nitrogens with one attached hydrogen (secondary N) is 1. The van der Waals surface area contributed by atoms with E-state index in [2.05, 4.69) is 10.3 Å². The van der Waals surface area contributed by atoms with E-state index in [4.69, 9.17) is 4.74 Å². The summed E-state index contributed by atoms with van der Waals surface area (Å²) in [4.78, 5) is 29.6. The van der Waals surface area contributed by atoms with Crippen LogP contribution in [0.15, 0.2) is 47.5 Å². The molecular weight excluding hydrogens is 330 g/mol. The van der Waals surface area contributed by atoms with E-state index in [0.717, 1.165) is 18.4 Å². The second kappa shape index (κ2) is 6.29. The van der Waals surface area contributed by atoms with Crippen molar-refractivity contribution >= 4 is 16.8 Å². The number of hydrogen-bond acceptors (Lipinski definition) is 4. The van der Waals surface area contributed by atoms with Crippen molar-refractivity contribution in [3.05, 3.63) is 64.2 Å². The largest absolute Gasteiger partial charge is 0.497 e. The van der Waals surface area contributed by atoms with Crippen molar-refractivity contribution in [2.75, 3.05) is 7.11 Å². The zero-order valence-corrected chi connectivity index (χ0v) is 14.7. The van der Waals surface area contributed by atoms with Gasteiger partial charge in [0.1, 0.15) is 12.1 Å². The molecule has 1 saturated carbocycles. The third-order valence-corrected chi connectivity index (χ3v) is 4.61. The number of fused-ring (bicyclic) bond motifs is 1. The third-order valence-electron chi connectivity index (χ3n) is 4.61. The van der Waals surface area contributed by atoms with Gasteiger partial charge in [0, 0.05) is 17.7 Å². The maximum absolute atomic E-state index is 12.9. The van der Waals surface area contributed by atoms with Gasteiger partial charge in [0.15, 0.2) is 0 Å². The molecule has 0 spiro atoms. The number of ether oxygens (including phenoxy) is 1. The van der Waals surface area contributed by atoms with Crippen molar-refractivity contribution in [1.29, 1.82) is 0 Å². The Kier molecular flexibility index (Phi) is 3.95. The van der Waals surface area contributed by atoms with Crippen LogP contribution in [0.1, 0.15) is 28.8 Å². The Balaban J connectivity index is 1.80. The van der Waals surface area contributed by atoms with Gasteiger partial charge < -0.3 is 10.1 Å². The van der Waals surface area contributed by atoms with E-state index in [-0.39, 0.29) is 17.5 Å². The topological polar surface area (TPSA) is 73.2 Å². The molecule has 1 N–H and O–H groups in total. The molecule has 4 rings (SSSR count). The SMILES string of the molecule is COc1ccc2c(=O)n(-c3cc(C(=O)NC4CC4)ccc3C)cnc2c1. The molecular formula is C20H19N3O3. The summed E-state index contributed by atoms with van der Waals surface area (Å²) < 4.78 is 6.67. The van der Waals surface area contributed by atoms with Crippen LogP contribution in [-0.4, -0.2) is 28.6 Å². The van der Waals surface area contributed by atoms with Crippen molar-refractivity contribution in [3.63, 3.8) is 0 Å². The molecule has 1 aromatic heterocycles. The fraction of sp³-hybridized carbons (Fsp3) is 0.250. The maximum atomic E-state index is 12.9. The standard InChI is InChI=1S/C20H19N3O3/c1-12-3-4-13(19(24)22-14-5-6-14)9-18(12)23-11-21-17-10-15(26-2)7-8-16(17)20(23)25/h3-4,7-11,14H,5-6H2,1-2H3,(H,22,24). The van der Waals surface area contributed by atoms with Gasteiger partial charge in [0.2, 0.25) is 0 Å². The van der Waals surface area contributed by atoms with E-state index >= 15 is 0 Å². The number of hydrogen-bond donors (Lipinski definition) is 1. The highest BCUT2D eigenvalue weighted by atomic mass is 16.5. The van der Waals surface area contributed by atoms with Crippen molar-refractivity contribution in [1.82, 2.24) is 14.9 Å². The predicted molar refractivity (Wildman–Crippen MR) is 99.1 cm³/mol. The van der Waals surface area contributed by atoms with Crippen LogP contribution in [0.2, 0.25) is 0 Å². The Morgan fingerprint density at radius 1 is 1.23 bits per heavy atom. The first-order chi connectivity index (χ1) is 12.6. The lowest BCUT2D eigenvalue weighted by atomic mass is 10.1. The quantitative estimate of drug-likeness (QED) is 0.786. The molecule has 2 aromatic carbocycles. The van der Waals surface area contributed by atoms with Crippen molar-refractivity contribution in [3.8, 4) is 11.4 Å². The highest BCUT2D eigenvalue weighted by Crippen LogP contribution is 2.21. The van der Waals surface area contributed by atoms with Crippen molar-refractivity contribution in [2.45, 2.75) is 25.8 Å². The smallest absolute Gasteiger partial charge is 0.265 e. The van der Waals surface area contributed by atoms with E-state index in [1.807, 2.05) is 13.0 Å². The highest BCUT2D eigenvalue weighted by molar-refractivity contribution is 5.95. The summed E-state index contributed by atoms with van der Waals surface area (Å²) in [5.74, 6) is 0.539. The minimum Gasteiger partial charge on any atom is -0.497 e. The van der Waals surface area contributed by atoms with Crippen LogP contribution in [0.25, 0.3) is 16.6 Å². The molecule has 0 unspecified atom stereocenters. The predicted octanol–water partition coefficient (Wildman–Crippen LogP) is 2.59. The van der Waals surface area contributed by atoms with Crippen molar-refractivity contribution < 1.29 is 9.53 Å². The molecule has 1 fully saturated rings. The number of carbonyl (C=O) groups excluding carboxylic acids is 1. The van der Waals surface area contributed by atoms with Gasteiger partial charge in [0.25, 0.3) is 11.5 Å². The molecule has 1 aliphatic carbocycles. The Morgan fingerprint density at radius 3 is 2.77 bits per heavy atom. The monoisotopic (exact) mass is 349 g/mol. The molecule has 0 aliphatic heterocycles. The summed E-state index contributed by atoms with van der Waals surface area (Å²) in [7, 11) is 1.57. The van der Waals surface area contributed by atoms with Crippen LogP contribution in [0.4, 0.5) is 0 Å². The molecule has 0 saturated heterocycles. The number of aryl methyl sites for hydroxylation is 1. The van der Waals surface area contributed by atoms with E-state index in [1.54, 1.807) is 37.4 Å². The Labute approximate surface area is 150 Å². The second-order valence-electron chi connectivity index (χ2n) is 6.55. The Bertz CT molecular complexity index is 1070. The normalized spacial score (nSPS) is 13.6. The minimum atomic E-state index is -0.180. The van der Waals surface area contributed by atoms with Crippen LogP contribution in [0.3, 0.4) is 0 Å². The van der Waals surface area contributed by atoms with Gasteiger partial charge in [-0.3, -0.25) is 14.2 Å². The summed E-state index contributed by atoms with van der Waals surface area (Å²) in [6, 6.07) is 10.8. The molecule has 1 amide bonds. The summed E-state index contributed by atoms with van der Waals surface area (Å²) in [5.41, 5.74) is 2.49. The zero-order chi connectivity index (χ0) is 18.3. The summed E-state index contributed by atoms with van der Waals surface area (Å²) >= 11 is 0. The lowest BCUT2D eigenvalue weighted by Crippen LogP contribution is -2.26. The van der Waals surface area contributed by atoms with E-state index in [0.29, 0.717) is 27.9 Å². The van der Waals surface area contributed by atoms with Crippen LogP contribution < -0.4 is 15.6 Å². The molecule has 26 heavy (non-hydrogen) atoms. The van der Waals surface area contributed by atoms with Crippen LogP contribution >= 0.6 is 0 Å². The number of amides is 1. The molecule has 1 heterocycles. The summed E-state index contributed by atoms with van der Waals surface area (Å²) in [6.07, 6.45) is 3.55. The fourth-order valence-electron chi connectivity index (χ4n) is 2.91. The van der Waals surface area contributed by atoms with E-state index in [1.165, 1.54) is 10.9 Å². The van der Waals surface area contributed by atoms with Gasteiger partial charge in [0.05, 0.1) is 23.7 Å². The van der Waals surface area contributed by atoms with E-state index < -0.39 is 0 Å². The number of nitrogens with zero attached hydrogens (tertiary/aromatic N) is 2. The molecule has 132 valence electrons. The average molecular weight is 349 g/mol. The third kappa shape index (κ3) is 2.94. The van der Waals surface area contributed by atoms with Gasteiger partial charge in [-0.25, -0.2) is 4.98 Å². The molecule has 6 nitrogen and oxygen atoms in total. The molecule has 0 radical (unpaired) electrons. The molecule has 3 aromatic rings. The first-order valence-electron chi connectivity index (χ1n) is 8.54. The fourth-order valence-corrected chi connectivity index (χ4v) is 2.91. The first-order valence-corrected chi connectivity index (χ1v) is 8.54.